The van der Waals surface area contributed by atoms with Gasteiger partial charge in [-0.1, -0.05) is 11.6 Å². The summed E-state index contributed by atoms with van der Waals surface area (Å²) >= 11 is 0. The Balaban J connectivity index is 0. The van der Waals surface area contributed by atoms with E-state index in [4.69, 9.17) is 4.74 Å². The Hall–Kier alpha value is 1.12. The number of halogens is 1. The average Bonchev–Trinajstić information content (AvgIpc) is 2.49. The van der Waals surface area contributed by atoms with E-state index in [1.807, 2.05) is 0 Å². The van der Waals surface area contributed by atoms with Crippen molar-refractivity contribution in [2.24, 2.45) is 0 Å². The minimum atomic E-state index is 0. The van der Waals surface area contributed by atoms with Gasteiger partial charge in [-0.2, -0.15) is 0 Å². The van der Waals surface area contributed by atoms with Crippen molar-refractivity contribution in [3.63, 3.8) is 0 Å². The molecular formula is C11H19BrHgO. The number of allylic oxidation sites excluding steroid dienone is 2. The van der Waals surface area contributed by atoms with Crippen LogP contribution in [0.4, 0.5) is 0 Å². The number of rotatable bonds is 4. The smallest absolute Gasteiger partial charge is 1.00 e. The Bertz CT molecular complexity index is 149. The molecule has 1 rings (SSSR count). The molecule has 0 bridgehead atoms. The van der Waals surface area contributed by atoms with E-state index in [1.165, 1.54) is 24.8 Å². The van der Waals surface area contributed by atoms with Crippen LogP contribution in [-0.4, -0.2) is 12.7 Å². The molecule has 1 aliphatic heterocycles. The van der Waals surface area contributed by atoms with Crippen LogP contribution in [-0.2, 0) is 32.4 Å². The third-order valence-corrected chi connectivity index (χ3v) is 2.11. The molecule has 1 aliphatic rings. The number of unbranched alkanes of at least 4 members (excludes halogenated alkanes) is 1. The Morgan fingerprint density at radius 3 is 2.57 bits per heavy atom. The van der Waals surface area contributed by atoms with Crippen LogP contribution in [0.1, 0.15) is 39.5 Å². The van der Waals surface area contributed by atoms with E-state index < -0.39 is 0 Å². The van der Waals surface area contributed by atoms with E-state index in [0.29, 0.717) is 6.10 Å². The van der Waals surface area contributed by atoms with Crippen LogP contribution in [0.3, 0.4) is 0 Å². The van der Waals surface area contributed by atoms with Crippen molar-refractivity contribution in [1.82, 2.24) is 0 Å². The fourth-order valence-corrected chi connectivity index (χ4v) is 1.44. The fraction of sp³-hybridized carbons (Fsp3) is 0.727. The minimum Gasteiger partial charge on any atom is -1.00 e. The Morgan fingerprint density at radius 2 is 2.07 bits per heavy atom. The third-order valence-electron chi connectivity index (χ3n) is 2.11. The summed E-state index contributed by atoms with van der Waals surface area (Å²) in [6, 6.07) is 0. The van der Waals surface area contributed by atoms with Crippen molar-refractivity contribution < 1.29 is 49.4 Å². The summed E-state index contributed by atoms with van der Waals surface area (Å²) in [5.41, 5.74) is 1.41. The van der Waals surface area contributed by atoms with E-state index in [-0.39, 0.29) is 44.7 Å². The monoisotopic (exact) mass is 448 g/mol. The van der Waals surface area contributed by atoms with Gasteiger partial charge < -0.3 is 21.7 Å². The first kappa shape index (κ1) is 17.5. The first-order chi connectivity index (χ1) is 5.79. The minimum absolute atomic E-state index is 0. The van der Waals surface area contributed by atoms with Crippen LogP contribution in [0.15, 0.2) is 11.6 Å². The number of hydrogen-bond acceptors (Lipinski definition) is 1. The molecule has 0 aromatic heterocycles. The SMILES string of the molecule is CC(C)=CCC[CH][C@@H]1CCCO1.[Br-].[Hg+]. The molecular weight excluding hydrogens is 429 g/mol. The molecule has 0 aromatic carbocycles. The summed E-state index contributed by atoms with van der Waals surface area (Å²) in [6.07, 6.45) is 9.85. The van der Waals surface area contributed by atoms with Crippen molar-refractivity contribution in [3.8, 4) is 0 Å². The van der Waals surface area contributed by atoms with Gasteiger partial charge in [-0.25, -0.2) is 0 Å². The van der Waals surface area contributed by atoms with Crippen molar-refractivity contribution in [2.75, 3.05) is 6.61 Å². The Kier molecular flexibility index (Phi) is 13.3. The zero-order valence-electron chi connectivity index (χ0n) is 9.26. The molecule has 1 saturated heterocycles. The predicted octanol–water partition coefficient (Wildman–Crippen LogP) is 0.118. The molecule has 1 heterocycles. The van der Waals surface area contributed by atoms with E-state index in [1.54, 1.807) is 0 Å². The number of hydrogen-bond donors (Lipinski definition) is 0. The van der Waals surface area contributed by atoms with Gasteiger partial charge in [0, 0.05) is 6.61 Å². The van der Waals surface area contributed by atoms with Crippen molar-refractivity contribution >= 4 is 0 Å². The molecule has 2 radical (unpaired) electrons. The standard InChI is InChI=1S/C11H19O.BrH.Hg/c1-10(2)6-3-4-7-11-8-5-9-12-11;;/h6-7,11H,3-5,8-9H2,1-2H3;1H;/q;;+1/p-1/t11-;;/m1../s1. The van der Waals surface area contributed by atoms with Crippen LogP contribution < -0.4 is 17.0 Å². The molecule has 0 N–H and O–H groups in total. The Labute approximate surface area is 119 Å². The molecule has 0 amide bonds. The van der Waals surface area contributed by atoms with Crippen LogP contribution in [0.2, 0.25) is 0 Å². The van der Waals surface area contributed by atoms with Gasteiger partial charge >= 0.3 is 27.7 Å². The van der Waals surface area contributed by atoms with Crippen LogP contribution in [0.5, 0.6) is 0 Å². The van der Waals surface area contributed by atoms with E-state index >= 15 is 0 Å². The molecule has 1 atom stereocenters. The molecule has 78 valence electrons. The first-order valence-electron chi connectivity index (χ1n) is 4.87. The van der Waals surface area contributed by atoms with E-state index in [2.05, 4.69) is 26.3 Å². The maximum absolute atomic E-state index is 5.48. The van der Waals surface area contributed by atoms with Gasteiger partial charge in [0.1, 0.15) is 0 Å². The van der Waals surface area contributed by atoms with Gasteiger partial charge in [0.2, 0.25) is 0 Å². The van der Waals surface area contributed by atoms with E-state index in [9.17, 15) is 0 Å². The number of ether oxygens (including phenoxy) is 1. The predicted molar refractivity (Wildman–Crippen MR) is 51.9 cm³/mol. The molecule has 0 saturated carbocycles. The molecule has 1 fully saturated rings. The summed E-state index contributed by atoms with van der Waals surface area (Å²) in [5.74, 6) is 0. The summed E-state index contributed by atoms with van der Waals surface area (Å²) in [7, 11) is 0. The zero-order chi connectivity index (χ0) is 8.81. The van der Waals surface area contributed by atoms with Crippen molar-refractivity contribution in [2.45, 2.75) is 45.6 Å². The van der Waals surface area contributed by atoms with Crippen LogP contribution in [0, 0.1) is 6.42 Å². The average molecular weight is 448 g/mol. The topological polar surface area (TPSA) is 9.23 Å². The normalized spacial score (nSPS) is 19.4. The second kappa shape index (κ2) is 10.6. The summed E-state index contributed by atoms with van der Waals surface area (Å²) in [5, 5.41) is 0. The van der Waals surface area contributed by atoms with Gasteiger partial charge in [0.05, 0.1) is 6.10 Å². The van der Waals surface area contributed by atoms with Crippen LogP contribution in [0.25, 0.3) is 0 Å². The molecule has 0 spiro atoms. The van der Waals surface area contributed by atoms with Gasteiger partial charge in [-0.15, -0.1) is 0 Å². The van der Waals surface area contributed by atoms with Crippen molar-refractivity contribution in [3.05, 3.63) is 18.1 Å². The van der Waals surface area contributed by atoms with E-state index in [0.717, 1.165) is 13.0 Å². The summed E-state index contributed by atoms with van der Waals surface area (Å²) < 4.78 is 5.48. The molecule has 3 heteroatoms. The summed E-state index contributed by atoms with van der Waals surface area (Å²) in [6.45, 7) is 5.25. The van der Waals surface area contributed by atoms with Crippen LogP contribution >= 0.6 is 0 Å². The summed E-state index contributed by atoms with van der Waals surface area (Å²) in [4.78, 5) is 0. The molecule has 0 aliphatic carbocycles. The maximum Gasteiger partial charge on any atom is 1.00 e. The molecule has 0 unspecified atom stereocenters. The molecule has 0 aromatic rings. The quantitative estimate of drug-likeness (QED) is 0.338. The maximum atomic E-state index is 5.48. The third kappa shape index (κ3) is 8.43. The fourth-order valence-electron chi connectivity index (χ4n) is 1.44. The van der Waals surface area contributed by atoms with Gasteiger partial charge in [0.15, 0.2) is 0 Å². The molecule has 1 nitrogen and oxygen atoms in total. The van der Waals surface area contributed by atoms with Gasteiger partial charge in [0.25, 0.3) is 0 Å². The second-order valence-corrected chi connectivity index (χ2v) is 3.65. The van der Waals surface area contributed by atoms with Crippen molar-refractivity contribution in [1.29, 1.82) is 0 Å². The van der Waals surface area contributed by atoms with Gasteiger partial charge in [-0.05, 0) is 46.0 Å². The Morgan fingerprint density at radius 1 is 1.36 bits per heavy atom. The zero-order valence-corrected chi connectivity index (χ0v) is 16.3. The first-order valence-corrected chi connectivity index (χ1v) is 4.87. The second-order valence-electron chi connectivity index (χ2n) is 3.65. The largest absolute Gasteiger partial charge is 1.00 e. The molecule has 14 heavy (non-hydrogen) atoms. The van der Waals surface area contributed by atoms with Gasteiger partial charge in [-0.3, -0.25) is 0 Å².